The summed E-state index contributed by atoms with van der Waals surface area (Å²) in [4.78, 5) is 22.4. The van der Waals surface area contributed by atoms with Crippen LogP contribution in [0, 0.1) is 10.1 Å². The van der Waals surface area contributed by atoms with Crippen molar-refractivity contribution in [3.63, 3.8) is 0 Å². The van der Waals surface area contributed by atoms with Crippen LogP contribution in [-0.4, -0.2) is 40.2 Å². The molecule has 1 saturated heterocycles. The number of hydrogen-bond donors (Lipinski definition) is 2. The zero-order chi connectivity index (χ0) is 18.1. The number of halogens is 4. The Hall–Kier alpha value is -2.04. The molecule has 0 radical (unpaired) electrons. The van der Waals surface area contributed by atoms with Crippen LogP contribution in [0.1, 0.15) is 18.4 Å². The van der Waals surface area contributed by atoms with E-state index in [9.17, 15) is 28.1 Å². The molecule has 0 saturated carbocycles. The fourth-order valence-corrected chi connectivity index (χ4v) is 3.09. The first kappa shape index (κ1) is 18.3. The third-order valence-electron chi connectivity index (χ3n) is 3.64. The van der Waals surface area contributed by atoms with E-state index >= 15 is 0 Å². The van der Waals surface area contributed by atoms with Crippen molar-refractivity contribution in [3.8, 4) is 0 Å². The number of hydrogen-bond acceptors (Lipinski definition) is 4. The normalized spacial score (nSPS) is 18.3. The molecule has 1 heterocycles. The average molecular weight is 412 g/mol. The minimum atomic E-state index is -4.68. The number of carboxylic acid groups (broad SMARTS) is 1. The van der Waals surface area contributed by atoms with Crippen LogP contribution in [0.3, 0.4) is 0 Å². The van der Waals surface area contributed by atoms with E-state index in [1.807, 2.05) is 0 Å². The van der Waals surface area contributed by atoms with Crippen LogP contribution in [-0.2, 0) is 6.18 Å². The molecule has 1 aromatic rings. The Balaban J connectivity index is 2.34. The van der Waals surface area contributed by atoms with Crippen LogP contribution in [0.25, 0.3) is 0 Å². The molecule has 1 atom stereocenters. The first-order valence-electron chi connectivity index (χ1n) is 6.89. The molecule has 2 N–H and O–H groups in total. The van der Waals surface area contributed by atoms with E-state index in [1.54, 1.807) is 0 Å². The highest BCUT2D eigenvalue weighted by atomic mass is 79.9. The maximum absolute atomic E-state index is 13.0. The predicted molar refractivity (Wildman–Crippen MR) is 82.0 cm³/mol. The lowest BCUT2D eigenvalue weighted by Crippen LogP contribution is -2.44. The van der Waals surface area contributed by atoms with Crippen molar-refractivity contribution in [1.82, 2.24) is 4.90 Å². The van der Waals surface area contributed by atoms with Gasteiger partial charge < -0.3 is 15.3 Å². The van der Waals surface area contributed by atoms with Gasteiger partial charge in [0.05, 0.1) is 10.5 Å². The molecule has 1 unspecified atom stereocenters. The second-order valence-electron chi connectivity index (χ2n) is 5.32. The van der Waals surface area contributed by atoms with Gasteiger partial charge >= 0.3 is 12.3 Å². The van der Waals surface area contributed by atoms with Gasteiger partial charge in [0.2, 0.25) is 0 Å². The van der Waals surface area contributed by atoms with Crippen molar-refractivity contribution in [2.45, 2.75) is 25.1 Å². The molecule has 0 aromatic heterocycles. The maximum atomic E-state index is 13.0. The van der Waals surface area contributed by atoms with Gasteiger partial charge in [-0.2, -0.15) is 13.2 Å². The summed E-state index contributed by atoms with van der Waals surface area (Å²) < 4.78 is 38.6. The van der Waals surface area contributed by atoms with Gasteiger partial charge in [-0.1, -0.05) is 0 Å². The van der Waals surface area contributed by atoms with Crippen molar-refractivity contribution in [2.75, 3.05) is 18.4 Å². The summed E-state index contributed by atoms with van der Waals surface area (Å²) in [7, 11) is 0. The molecular formula is C13H13BrF3N3O4. The van der Waals surface area contributed by atoms with Gasteiger partial charge in [-0.05, 0) is 34.8 Å². The fraction of sp³-hybridized carbons (Fsp3) is 0.462. The quantitative estimate of drug-likeness (QED) is 0.580. The topological polar surface area (TPSA) is 95.7 Å². The SMILES string of the molecule is O=C(O)N1CCCC(Nc2cc(C(F)(F)F)c(Br)cc2[N+](=O)[O-])C1. The lowest BCUT2D eigenvalue weighted by atomic mass is 10.0. The second kappa shape index (κ2) is 6.83. The first-order chi connectivity index (χ1) is 11.1. The number of nitrogens with zero attached hydrogens (tertiary/aromatic N) is 2. The number of benzene rings is 1. The zero-order valence-electron chi connectivity index (χ0n) is 12.1. The molecule has 132 valence electrons. The molecule has 0 bridgehead atoms. The fourth-order valence-electron chi connectivity index (χ4n) is 2.54. The molecule has 0 spiro atoms. The van der Waals surface area contributed by atoms with Crippen molar-refractivity contribution >= 4 is 33.4 Å². The van der Waals surface area contributed by atoms with Crippen LogP contribution in [0.2, 0.25) is 0 Å². The van der Waals surface area contributed by atoms with E-state index in [1.165, 1.54) is 0 Å². The number of nitro groups is 1. The van der Waals surface area contributed by atoms with E-state index in [0.29, 0.717) is 25.5 Å². The monoisotopic (exact) mass is 411 g/mol. The summed E-state index contributed by atoms with van der Waals surface area (Å²) in [6.07, 6.45) is -4.80. The molecule has 1 aliphatic heterocycles. The largest absolute Gasteiger partial charge is 0.465 e. The number of alkyl halides is 3. The molecule has 24 heavy (non-hydrogen) atoms. The van der Waals surface area contributed by atoms with Gasteiger partial charge in [0.15, 0.2) is 0 Å². The summed E-state index contributed by atoms with van der Waals surface area (Å²) in [6.45, 7) is 0.369. The first-order valence-corrected chi connectivity index (χ1v) is 7.68. The Morgan fingerprint density at radius 2 is 2.12 bits per heavy atom. The summed E-state index contributed by atoms with van der Waals surface area (Å²) >= 11 is 2.70. The van der Waals surface area contributed by atoms with Gasteiger partial charge in [-0.3, -0.25) is 10.1 Å². The third-order valence-corrected chi connectivity index (χ3v) is 4.30. The predicted octanol–water partition coefficient (Wildman–Crippen LogP) is 3.93. The average Bonchev–Trinajstić information content (AvgIpc) is 2.47. The molecule has 11 heteroatoms. The molecule has 1 aliphatic rings. The zero-order valence-corrected chi connectivity index (χ0v) is 13.7. The number of carbonyl (C=O) groups is 1. The van der Waals surface area contributed by atoms with Crippen LogP contribution in [0.5, 0.6) is 0 Å². The Bertz CT molecular complexity index is 669. The number of piperidine rings is 1. The van der Waals surface area contributed by atoms with Crippen molar-refractivity contribution in [2.24, 2.45) is 0 Å². The van der Waals surface area contributed by atoms with Crippen molar-refractivity contribution < 1.29 is 28.0 Å². The van der Waals surface area contributed by atoms with Gasteiger partial charge in [0, 0.05) is 29.7 Å². The van der Waals surface area contributed by atoms with Crippen molar-refractivity contribution in [1.29, 1.82) is 0 Å². The number of rotatable bonds is 3. The van der Waals surface area contributed by atoms with E-state index in [0.717, 1.165) is 11.0 Å². The van der Waals surface area contributed by atoms with E-state index in [4.69, 9.17) is 5.11 Å². The Morgan fingerprint density at radius 1 is 1.46 bits per heavy atom. The molecular weight excluding hydrogens is 399 g/mol. The van der Waals surface area contributed by atoms with Gasteiger partial charge in [0.25, 0.3) is 5.69 Å². The number of amides is 1. The van der Waals surface area contributed by atoms with E-state index in [2.05, 4.69) is 21.2 Å². The highest BCUT2D eigenvalue weighted by Crippen LogP contribution is 2.40. The molecule has 2 rings (SSSR count). The Morgan fingerprint density at radius 3 is 2.67 bits per heavy atom. The number of likely N-dealkylation sites (tertiary alicyclic amines) is 1. The smallest absolute Gasteiger partial charge is 0.417 e. The van der Waals surface area contributed by atoms with Crippen molar-refractivity contribution in [3.05, 3.63) is 32.3 Å². The van der Waals surface area contributed by atoms with Crippen LogP contribution in [0.4, 0.5) is 29.3 Å². The second-order valence-corrected chi connectivity index (χ2v) is 6.17. The van der Waals surface area contributed by atoms with Gasteiger partial charge in [-0.25, -0.2) is 4.79 Å². The number of nitrogens with one attached hydrogen (secondary N) is 1. The van der Waals surface area contributed by atoms with Crippen LogP contribution >= 0.6 is 15.9 Å². The Kier molecular flexibility index (Phi) is 5.21. The molecule has 1 amide bonds. The Labute approximate surface area is 142 Å². The van der Waals surface area contributed by atoms with E-state index < -0.39 is 39.0 Å². The highest BCUT2D eigenvalue weighted by Gasteiger charge is 2.36. The minimum Gasteiger partial charge on any atom is -0.465 e. The van der Waals surface area contributed by atoms with Crippen LogP contribution in [0.15, 0.2) is 16.6 Å². The van der Waals surface area contributed by atoms with Gasteiger partial charge in [-0.15, -0.1) is 0 Å². The highest BCUT2D eigenvalue weighted by molar-refractivity contribution is 9.10. The lowest BCUT2D eigenvalue weighted by molar-refractivity contribution is -0.384. The number of anilines is 1. The van der Waals surface area contributed by atoms with E-state index in [-0.39, 0.29) is 12.2 Å². The summed E-state index contributed by atoms with van der Waals surface area (Å²) in [5.74, 6) is 0. The molecule has 0 aliphatic carbocycles. The summed E-state index contributed by atoms with van der Waals surface area (Å²) in [6, 6.07) is 0.959. The molecule has 1 aromatic carbocycles. The maximum Gasteiger partial charge on any atom is 0.417 e. The minimum absolute atomic E-state index is 0.0455. The number of nitro benzene ring substituents is 1. The molecule has 7 nitrogen and oxygen atoms in total. The molecule has 1 fully saturated rings. The standard InChI is InChI=1S/C13H13BrF3N3O4/c14-9-5-11(20(23)24)10(4-8(9)13(15,16)17)18-7-2-1-3-19(6-7)12(21)22/h4-5,7,18H,1-3,6H2,(H,21,22). The third kappa shape index (κ3) is 4.08. The van der Waals surface area contributed by atoms with Crippen LogP contribution < -0.4 is 5.32 Å². The summed E-state index contributed by atoms with van der Waals surface area (Å²) in [5, 5.41) is 22.8. The lowest BCUT2D eigenvalue weighted by Gasteiger charge is -2.31. The van der Waals surface area contributed by atoms with Gasteiger partial charge in [0.1, 0.15) is 5.69 Å². The summed E-state index contributed by atoms with van der Waals surface area (Å²) in [5.41, 5.74) is -1.84.